The summed E-state index contributed by atoms with van der Waals surface area (Å²) in [6.45, 7) is 6.93. The molecule has 0 fully saturated rings. The molecule has 0 unspecified atom stereocenters. The maximum atomic E-state index is 11.1. The van der Waals surface area contributed by atoms with E-state index in [1.54, 1.807) is 12.1 Å². The van der Waals surface area contributed by atoms with E-state index in [0.29, 0.717) is 18.8 Å². The second-order valence-electron chi connectivity index (χ2n) is 2.83. The predicted octanol–water partition coefficient (Wildman–Crippen LogP) is 2.78. The van der Waals surface area contributed by atoms with Crippen LogP contribution in [0, 0.1) is 0 Å². The van der Waals surface area contributed by atoms with Gasteiger partial charge in [-0.1, -0.05) is 13.8 Å². The minimum atomic E-state index is -0.238. The molecule has 0 aliphatic carbocycles. The highest BCUT2D eigenvalue weighted by Gasteiger charge is 2.20. The van der Waals surface area contributed by atoms with Crippen LogP contribution in [0.1, 0.15) is 36.7 Å². The van der Waals surface area contributed by atoms with Gasteiger partial charge in [-0.05, 0) is 25.1 Å². The number of rotatable bonds is 2. The van der Waals surface area contributed by atoms with Crippen molar-refractivity contribution >= 4 is 5.97 Å². The third-order valence-corrected chi connectivity index (χ3v) is 1.97. The number of hydrogen-bond donors (Lipinski definition) is 0. The molecule has 0 saturated heterocycles. The Morgan fingerprint density at radius 1 is 1.40 bits per heavy atom. The molecule has 0 spiro atoms. The van der Waals surface area contributed by atoms with Crippen LogP contribution >= 0.6 is 0 Å². The molecule has 3 heteroatoms. The molecular formula is C12H16O3. The summed E-state index contributed by atoms with van der Waals surface area (Å²) in [5.41, 5.74) is 1.57. The number of carbonyl (C=O) groups excluding carboxylic acids is 1. The van der Waals surface area contributed by atoms with Crippen molar-refractivity contribution in [2.45, 2.75) is 27.4 Å². The van der Waals surface area contributed by atoms with Gasteiger partial charge in [0.2, 0.25) is 0 Å². The highest BCUT2D eigenvalue weighted by Crippen LogP contribution is 2.24. The van der Waals surface area contributed by atoms with Crippen LogP contribution in [-0.4, -0.2) is 12.6 Å². The summed E-state index contributed by atoms with van der Waals surface area (Å²) in [7, 11) is 0. The smallest absolute Gasteiger partial charge is 0.338 e. The molecule has 15 heavy (non-hydrogen) atoms. The second kappa shape index (κ2) is 5.39. The maximum absolute atomic E-state index is 11.1. The van der Waals surface area contributed by atoms with Crippen molar-refractivity contribution in [1.82, 2.24) is 0 Å². The minimum absolute atomic E-state index is 0.238. The minimum Gasteiger partial charge on any atom is -0.494 e. The lowest BCUT2D eigenvalue weighted by Gasteiger charge is -2.02. The average molecular weight is 208 g/mol. The Morgan fingerprint density at radius 3 is 2.80 bits per heavy atom. The fourth-order valence-corrected chi connectivity index (χ4v) is 1.37. The van der Waals surface area contributed by atoms with Crippen molar-refractivity contribution < 1.29 is 14.3 Å². The van der Waals surface area contributed by atoms with Gasteiger partial charge in [-0.3, -0.25) is 0 Å². The number of ether oxygens (including phenoxy) is 2. The molecule has 1 heterocycles. The molecule has 2 rings (SSSR count). The van der Waals surface area contributed by atoms with Gasteiger partial charge >= 0.3 is 5.97 Å². The van der Waals surface area contributed by atoms with Crippen molar-refractivity contribution in [3.05, 3.63) is 29.3 Å². The van der Waals surface area contributed by atoms with Gasteiger partial charge in [0.15, 0.2) is 0 Å². The number of esters is 1. The van der Waals surface area contributed by atoms with Crippen LogP contribution in [0.3, 0.4) is 0 Å². The van der Waals surface area contributed by atoms with Crippen LogP contribution in [0.15, 0.2) is 18.2 Å². The van der Waals surface area contributed by atoms with Crippen LogP contribution in [-0.2, 0) is 11.3 Å². The number of hydrogen-bond acceptors (Lipinski definition) is 3. The third-order valence-electron chi connectivity index (χ3n) is 1.97. The zero-order valence-corrected chi connectivity index (χ0v) is 9.37. The summed E-state index contributed by atoms with van der Waals surface area (Å²) in [4.78, 5) is 11.1. The second-order valence-corrected chi connectivity index (χ2v) is 2.83. The van der Waals surface area contributed by atoms with Gasteiger partial charge in [0, 0.05) is 5.56 Å². The molecule has 1 aromatic rings. The largest absolute Gasteiger partial charge is 0.494 e. The Morgan fingerprint density at radius 2 is 2.13 bits per heavy atom. The van der Waals surface area contributed by atoms with E-state index in [1.807, 2.05) is 26.8 Å². The molecule has 82 valence electrons. The molecule has 0 atom stereocenters. The average Bonchev–Trinajstić information content (AvgIpc) is 2.64. The zero-order valence-electron chi connectivity index (χ0n) is 9.37. The van der Waals surface area contributed by atoms with E-state index < -0.39 is 0 Å². The summed E-state index contributed by atoms with van der Waals surface area (Å²) >= 11 is 0. The van der Waals surface area contributed by atoms with Gasteiger partial charge in [0.25, 0.3) is 0 Å². The van der Waals surface area contributed by atoms with Crippen molar-refractivity contribution in [1.29, 1.82) is 0 Å². The van der Waals surface area contributed by atoms with E-state index >= 15 is 0 Å². The van der Waals surface area contributed by atoms with Crippen LogP contribution < -0.4 is 4.74 Å². The van der Waals surface area contributed by atoms with Crippen LogP contribution in [0.4, 0.5) is 0 Å². The lowest BCUT2D eigenvalue weighted by atomic mass is 10.1. The first-order chi connectivity index (χ1) is 7.31. The van der Waals surface area contributed by atoms with Crippen molar-refractivity contribution in [3.63, 3.8) is 0 Å². The number of fused-ring (bicyclic) bond motifs is 1. The lowest BCUT2D eigenvalue weighted by molar-refractivity contribution is 0.0535. The standard InChI is InChI=1S/C10H10O3.C2H6/c1-2-12-8-3-4-9-7(5-8)6-13-10(9)11;1-2/h3-5H,2,6H2,1H3;1-2H3. The molecular weight excluding hydrogens is 192 g/mol. The summed E-state index contributed by atoms with van der Waals surface area (Å²) in [6.07, 6.45) is 0. The van der Waals surface area contributed by atoms with E-state index in [9.17, 15) is 4.79 Å². The van der Waals surface area contributed by atoms with Crippen LogP contribution in [0.25, 0.3) is 0 Å². The highest BCUT2D eigenvalue weighted by molar-refractivity contribution is 5.93. The fourth-order valence-electron chi connectivity index (χ4n) is 1.37. The molecule has 0 saturated carbocycles. The summed E-state index contributed by atoms with van der Waals surface area (Å²) in [5, 5.41) is 0. The van der Waals surface area contributed by atoms with Gasteiger partial charge in [0.05, 0.1) is 12.2 Å². The monoisotopic (exact) mass is 208 g/mol. The van der Waals surface area contributed by atoms with Gasteiger partial charge in [-0.15, -0.1) is 0 Å². The van der Waals surface area contributed by atoms with Gasteiger partial charge in [-0.2, -0.15) is 0 Å². The first-order valence-electron chi connectivity index (χ1n) is 5.24. The van der Waals surface area contributed by atoms with Crippen LogP contribution in [0.2, 0.25) is 0 Å². The Hall–Kier alpha value is -1.51. The van der Waals surface area contributed by atoms with Gasteiger partial charge in [-0.25, -0.2) is 4.79 Å². The van der Waals surface area contributed by atoms with E-state index in [4.69, 9.17) is 9.47 Å². The molecule has 3 nitrogen and oxygen atoms in total. The zero-order chi connectivity index (χ0) is 11.3. The highest BCUT2D eigenvalue weighted by atomic mass is 16.5. The van der Waals surface area contributed by atoms with Gasteiger partial charge in [0.1, 0.15) is 12.4 Å². The van der Waals surface area contributed by atoms with E-state index in [-0.39, 0.29) is 5.97 Å². The Kier molecular flexibility index (Phi) is 4.16. The normalized spacial score (nSPS) is 12.3. The molecule has 1 aliphatic heterocycles. The van der Waals surface area contributed by atoms with E-state index in [1.165, 1.54) is 0 Å². The SMILES string of the molecule is CC.CCOc1ccc2c(c1)COC2=O. The third kappa shape index (κ3) is 2.49. The Bertz CT molecular complexity index is 345. The van der Waals surface area contributed by atoms with Crippen LogP contribution in [0.5, 0.6) is 5.75 Å². The van der Waals surface area contributed by atoms with Gasteiger partial charge < -0.3 is 9.47 Å². The lowest BCUT2D eigenvalue weighted by Crippen LogP contribution is -1.95. The molecule has 0 amide bonds. The molecule has 0 radical (unpaired) electrons. The fraction of sp³-hybridized carbons (Fsp3) is 0.417. The number of cyclic esters (lactones) is 1. The summed E-state index contributed by atoms with van der Waals surface area (Å²) < 4.78 is 10.2. The summed E-state index contributed by atoms with van der Waals surface area (Å²) in [5.74, 6) is 0.553. The van der Waals surface area contributed by atoms with E-state index in [2.05, 4.69) is 0 Å². The molecule has 0 aromatic heterocycles. The Balaban J connectivity index is 0.000000531. The molecule has 0 N–H and O–H groups in total. The predicted molar refractivity (Wildman–Crippen MR) is 58.1 cm³/mol. The van der Waals surface area contributed by atoms with Crippen molar-refractivity contribution in [3.8, 4) is 5.75 Å². The molecule has 0 bridgehead atoms. The molecule has 1 aliphatic rings. The van der Waals surface area contributed by atoms with Crippen molar-refractivity contribution in [2.75, 3.05) is 6.61 Å². The summed E-state index contributed by atoms with van der Waals surface area (Å²) in [6, 6.07) is 5.38. The topological polar surface area (TPSA) is 35.5 Å². The van der Waals surface area contributed by atoms with Crippen molar-refractivity contribution in [2.24, 2.45) is 0 Å². The first kappa shape index (κ1) is 11.6. The molecule has 1 aromatic carbocycles. The maximum Gasteiger partial charge on any atom is 0.338 e. The number of carbonyl (C=O) groups is 1. The Labute approximate surface area is 90.0 Å². The van der Waals surface area contributed by atoms with E-state index in [0.717, 1.165) is 11.3 Å². The number of benzene rings is 1. The quantitative estimate of drug-likeness (QED) is 0.701. The first-order valence-corrected chi connectivity index (χ1v) is 5.24.